The second kappa shape index (κ2) is 5.06. The van der Waals surface area contributed by atoms with Gasteiger partial charge in [-0.3, -0.25) is 0 Å². The van der Waals surface area contributed by atoms with E-state index in [9.17, 15) is 15.3 Å². The lowest BCUT2D eigenvalue weighted by molar-refractivity contribution is -0.109. The Labute approximate surface area is 139 Å². The van der Waals surface area contributed by atoms with E-state index >= 15 is 0 Å². The first-order chi connectivity index (χ1) is 10.8. The van der Waals surface area contributed by atoms with Gasteiger partial charge >= 0.3 is 0 Å². The zero-order valence-corrected chi connectivity index (χ0v) is 14.8. The van der Waals surface area contributed by atoms with Gasteiger partial charge < -0.3 is 15.3 Å². The zero-order valence-electron chi connectivity index (χ0n) is 14.8. The van der Waals surface area contributed by atoms with Crippen molar-refractivity contribution < 1.29 is 15.3 Å². The van der Waals surface area contributed by atoms with Crippen molar-refractivity contribution in [2.24, 2.45) is 28.6 Å². The van der Waals surface area contributed by atoms with Crippen LogP contribution in [0.15, 0.2) is 11.1 Å². The SMILES string of the molecule is CC1=C2C[C@@H](O)CC[C@]2(C)[C@H]2CC[C@]3(C)[C@@H](O)CC[C@H]3[C@@H]2[C@H]1O. The Hall–Kier alpha value is -0.380. The fourth-order valence-electron chi connectivity index (χ4n) is 7.03. The molecule has 8 atom stereocenters. The van der Waals surface area contributed by atoms with Crippen LogP contribution in [0.4, 0.5) is 0 Å². The summed E-state index contributed by atoms with van der Waals surface area (Å²) in [5.41, 5.74) is 2.59. The summed E-state index contributed by atoms with van der Waals surface area (Å²) in [6.45, 7) is 6.72. The van der Waals surface area contributed by atoms with Crippen molar-refractivity contribution in [2.45, 2.75) is 84.0 Å². The van der Waals surface area contributed by atoms with Crippen LogP contribution in [0.1, 0.15) is 65.7 Å². The monoisotopic (exact) mass is 320 g/mol. The third kappa shape index (κ3) is 1.99. The van der Waals surface area contributed by atoms with Crippen LogP contribution in [0.5, 0.6) is 0 Å². The lowest BCUT2D eigenvalue weighted by atomic mass is 9.46. The molecule has 4 aliphatic carbocycles. The van der Waals surface area contributed by atoms with Gasteiger partial charge in [0.1, 0.15) is 0 Å². The predicted octanol–water partition coefficient (Wildman–Crippen LogP) is 3.03. The lowest BCUT2D eigenvalue weighted by Crippen LogP contribution is -2.56. The van der Waals surface area contributed by atoms with Crippen molar-refractivity contribution in [2.75, 3.05) is 0 Å². The van der Waals surface area contributed by atoms with Crippen molar-refractivity contribution in [3.63, 3.8) is 0 Å². The number of fused-ring (bicyclic) bond motifs is 5. The van der Waals surface area contributed by atoms with Crippen molar-refractivity contribution in [1.82, 2.24) is 0 Å². The van der Waals surface area contributed by atoms with E-state index in [-0.39, 0.29) is 35.1 Å². The summed E-state index contributed by atoms with van der Waals surface area (Å²) >= 11 is 0. The lowest BCUT2D eigenvalue weighted by Gasteiger charge is -2.59. The Morgan fingerprint density at radius 3 is 2.39 bits per heavy atom. The minimum atomic E-state index is -0.386. The summed E-state index contributed by atoms with van der Waals surface area (Å²) in [5.74, 6) is 1.23. The van der Waals surface area contributed by atoms with Gasteiger partial charge in [-0.25, -0.2) is 0 Å². The van der Waals surface area contributed by atoms with Gasteiger partial charge in [0, 0.05) is 0 Å². The Morgan fingerprint density at radius 2 is 1.65 bits per heavy atom. The molecule has 0 aromatic rings. The highest BCUT2D eigenvalue weighted by Gasteiger charge is 2.61. The fourth-order valence-corrected chi connectivity index (χ4v) is 7.03. The molecule has 4 rings (SSSR count). The van der Waals surface area contributed by atoms with Crippen LogP contribution in [0.25, 0.3) is 0 Å². The Balaban J connectivity index is 1.78. The van der Waals surface area contributed by atoms with Gasteiger partial charge in [-0.2, -0.15) is 0 Å². The Morgan fingerprint density at radius 1 is 0.913 bits per heavy atom. The van der Waals surface area contributed by atoms with Crippen LogP contribution >= 0.6 is 0 Å². The third-order valence-electron chi connectivity index (χ3n) is 8.51. The van der Waals surface area contributed by atoms with Crippen LogP contribution in [0.3, 0.4) is 0 Å². The number of hydrogen-bond acceptors (Lipinski definition) is 3. The van der Waals surface area contributed by atoms with Crippen LogP contribution < -0.4 is 0 Å². The van der Waals surface area contributed by atoms with Gasteiger partial charge in [-0.1, -0.05) is 19.4 Å². The fraction of sp³-hybridized carbons (Fsp3) is 0.900. The third-order valence-corrected chi connectivity index (χ3v) is 8.51. The van der Waals surface area contributed by atoms with Gasteiger partial charge in [-0.15, -0.1) is 0 Å². The minimum Gasteiger partial charge on any atom is -0.393 e. The maximum Gasteiger partial charge on any atom is 0.0784 e. The van der Waals surface area contributed by atoms with Gasteiger partial charge in [0.25, 0.3) is 0 Å². The summed E-state index contributed by atoms with van der Waals surface area (Å²) in [7, 11) is 0. The molecule has 130 valence electrons. The first-order valence-electron chi connectivity index (χ1n) is 9.53. The first-order valence-corrected chi connectivity index (χ1v) is 9.53. The van der Waals surface area contributed by atoms with Crippen LogP contribution in [0, 0.1) is 28.6 Å². The molecule has 3 fully saturated rings. The Kier molecular flexibility index (Phi) is 3.54. The molecule has 4 aliphatic rings. The maximum atomic E-state index is 11.1. The van der Waals surface area contributed by atoms with Crippen molar-refractivity contribution >= 4 is 0 Å². The number of aliphatic hydroxyl groups excluding tert-OH is 3. The molecule has 0 heterocycles. The van der Waals surface area contributed by atoms with E-state index in [4.69, 9.17) is 0 Å². The molecular weight excluding hydrogens is 288 g/mol. The highest BCUT2D eigenvalue weighted by atomic mass is 16.3. The normalized spacial score (nSPS) is 56.1. The molecule has 23 heavy (non-hydrogen) atoms. The molecule has 0 aromatic carbocycles. The van der Waals surface area contributed by atoms with E-state index in [1.165, 1.54) is 5.57 Å². The summed E-state index contributed by atoms with van der Waals surface area (Å²) in [6, 6.07) is 0. The standard InChI is InChI=1S/C20H32O3/c1-11-15-10-12(21)6-8-19(15,2)14-7-9-20(3)13(4-5-16(20)22)17(14)18(11)23/h12-14,16-18,21-23H,4-10H2,1-3H3/t12-,13-,14-,16-,17-,18-,19+,20-/m0/s1. The van der Waals surface area contributed by atoms with Crippen LogP contribution in [-0.2, 0) is 0 Å². The van der Waals surface area contributed by atoms with Crippen molar-refractivity contribution in [3.05, 3.63) is 11.1 Å². The van der Waals surface area contributed by atoms with Crippen LogP contribution in [-0.4, -0.2) is 33.6 Å². The van der Waals surface area contributed by atoms with Gasteiger partial charge in [-0.05, 0) is 86.0 Å². The van der Waals surface area contributed by atoms with E-state index in [1.54, 1.807) is 0 Å². The molecule has 0 radical (unpaired) electrons. The van der Waals surface area contributed by atoms with E-state index in [0.29, 0.717) is 11.8 Å². The van der Waals surface area contributed by atoms with E-state index in [2.05, 4.69) is 20.8 Å². The molecule has 3 nitrogen and oxygen atoms in total. The van der Waals surface area contributed by atoms with Crippen molar-refractivity contribution in [1.29, 1.82) is 0 Å². The Bertz CT molecular complexity index is 541. The molecular formula is C20H32O3. The second-order valence-corrected chi connectivity index (χ2v) is 9.35. The van der Waals surface area contributed by atoms with Gasteiger partial charge in [0.05, 0.1) is 18.3 Å². The topological polar surface area (TPSA) is 60.7 Å². The second-order valence-electron chi connectivity index (χ2n) is 9.35. The predicted molar refractivity (Wildman–Crippen MR) is 89.7 cm³/mol. The number of hydrogen-bond donors (Lipinski definition) is 3. The molecule has 0 saturated heterocycles. The molecule has 0 bridgehead atoms. The number of rotatable bonds is 0. The van der Waals surface area contributed by atoms with E-state index in [1.807, 2.05) is 0 Å². The molecule has 0 spiro atoms. The molecule has 0 aromatic heterocycles. The molecule has 0 amide bonds. The summed E-state index contributed by atoms with van der Waals surface area (Å²) < 4.78 is 0. The quantitative estimate of drug-likeness (QED) is 0.601. The maximum absolute atomic E-state index is 11.1. The summed E-state index contributed by atoms with van der Waals surface area (Å²) in [6.07, 6.45) is 5.98. The molecule has 0 aliphatic heterocycles. The van der Waals surface area contributed by atoms with Gasteiger partial charge in [0.15, 0.2) is 0 Å². The van der Waals surface area contributed by atoms with E-state index < -0.39 is 0 Å². The molecule has 3 heteroatoms. The average molecular weight is 320 g/mol. The van der Waals surface area contributed by atoms with Gasteiger partial charge in [0.2, 0.25) is 0 Å². The van der Waals surface area contributed by atoms with Crippen molar-refractivity contribution in [3.8, 4) is 0 Å². The van der Waals surface area contributed by atoms with Crippen LogP contribution in [0.2, 0.25) is 0 Å². The highest BCUT2D eigenvalue weighted by Crippen LogP contribution is 2.65. The number of aliphatic hydroxyl groups is 3. The minimum absolute atomic E-state index is 0.00945. The molecule has 0 unspecified atom stereocenters. The molecule has 3 N–H and O–H groups in total. The summed E-state index contributed by atoms with van der Waals surface area (Å²) in [5, 5.41) is 31.8. The summed E-state index contributed by atoms with van der Waals surface area (Å²) in [4.78, 5) is 0. The highest BCUT2D eigenvalue weighted by molar-refractivity contribution is 5.33. The first kappa shape index (κ1) is 16.1. The largest absolute Gasteiger partial charge is 0.393 e. The zero-order chi connectivity index (χ0) is 16.6. The van der Waals surface area contributed by atoms with E-state index in [0.717, 1.165) is 50.5 Å². The smallest absolute Gasteiger partial charge is 0.0784 e. The molecule has 3 saturated carbocycles. The average Bonchev–Trinajstić information content (AvgIpc) is 2.82.